The average Bonchev–Trinajstić information content (AvgIpc) is 2.67. The van der Waals surface area contributed by atoms with Crippen LogP contribution in [0.3, 0.4) is 0 Å². The minimum Gasteiger partial charge on any atom is -0.548 e. The van der Waals surface area contributed by atoms with Crippen LogP contribution in [-0.2, 0) is 9.59 Å². The van der Waals surface area contributed by atoms with Gasteiger partial charge in [-0.3, -0.25) is 24.6 Å². The van der Waals surface area contributed by atoms with Gasteiger partial charge < -0.3 is 9.90 Å². The Morgan fingerprint density at radius 2 is 1.90 bits per heavy atom. The number of hydrogen-bond acceptors (Lipinski definition) is 7. The molecule has 0 unspecified atom stereocenters. The molecule has 0 bridgehead atoms. The van der Waals surface area contributed by atoms with E-state index in [1.165, 1.54) is 30.3 Å². The molecule has 0 atom stereocenters. The number of hydrogen-bond donors (Lipinski definition) is 0. The average molecular weight is 307 g/mol. The second kappa shape index (κ2) is 5.75. The summed E-state index contributed by atoms with van der Waals surface area (Å²) in [5, 5.41) is 20.3. The predicted octanol–water partition coefficient (Wildman–Crippen LogP) is 0.381. The summed E-state index contributed by atoms with van der Waals surface area (Å²) in [5.41, 5.74) is 0.386. The zero-order valence-electron chi connectivity index (χ0n) is 10.3. The van der Waals surface area contributed by atoms with Gasteiger partial charge in [0, 0.05) is 12.1 Å². The number of nitro groups is 1. The van der Waals surface area contributed by atoms with Crippen molar-refractivity contribution in [2.75, 3.05) is 6.54 Å². The molecule has 1 aliphatic heterocycles. The maximum absolute atomic E-state index is 11.8. The number of benzene rings is 1. The fraction of sp³-hybridized carbons (Fsp3) is 0.0833. The molecule has 1 aromatic carbocycles. The summed E-state index contributed by atoms with van der Waals surface area (Å²) in [4.78, 5) is 44.4. The van der Waals surface area contributed by atoms with E-state index < -0.39 is 28.6 Å². The third-order valence-corrected chi connectivity index (χ3v) is 3.47. The largest absolute Gasteiger partial charge is 0.548 e. The van der Waals surface area contributed by atoms with Crippen molar-refractivity contribution in [1.29, 1.82) is 0 Å². The van der Waals surface area contributed by atoms with E-state index in [9.17, 15) is 29.6 Å². The van der Waals surface area contributed by atoms with Crippen LogP contribution in [0.25, 0.3) is 6.08 Å². The summed E-state index contributed by atoms with van der Waals surface area (Å²) in [5.74, 6) is -2.26. The van der Waals surface area contributed by atoms with Crippen LogP contribution in [0.1, 0.15) is 5.56 Å². The summed E-state index contributed by atoms with van der Waals surface area (Å²) in [6.07, 6.45) is 1.36. The van der Waals surface area contributed by atoms with Gasteiger partial charge in [0.1, 0.15) is 0 Å². The summed E-state index contributed by atoms with van der Waals surface area (Å²) in [6.45, 7) is -0.803. The maximum atomic E-state index is 11.8. The van der Waals surface area contributed by atoms with Crippen LogP contribution in [0, 0.1) is 10.1 Å². The van der Waals surface area contributed by atoms with Crippen LogP contribution >= 0.6 is 11.8 Å². The highest BCUT2D eigenvalue weighted by molar-refractivity contribution is 8.18. The second-order valence-corrected chi connectivity index (χ2v) is 4.98. The van der Waals surface area contributed by atoms with Crippen LogP contribution < -0.4 is 5.11 Å². The fourth-order valence-electron chi connectivity index (χ4n) is 1.61. The molecule has 2 rings (SSSR count). The zero-order chi connectivity index (χ0) is 15.6. The third kappa shape index (κ3) is 3.26. The van der Waals surface area contributed by atoms with Crippen molar-refractivity contribution in [1.82, 2.24) is 4.90 Å². The van der Waals surface area contributed by atoms with E-state index in [2.05, 4.69) is 0 Å². The fourth-order valence-corrected chi connectivity index (χ4v) is 2.45. The topological polar surface area (TPSA) is 121 Å². The van der Waals surface area contributed by atoms with Crippen LogP contribution in [0.2, 0.25) is 0 Å². The van der Waals surface area contributed by atoms with E-state index >= 15 is 0 Å². The molecule has 0 spiro atoms. The number of imide groups is 1. The van der Waals surface area contributed by atoms with Crippen molar-refractivity contribution >= 4 is 40.6 Å². The highest BCUT2D eigenvalue weighted by Gasteiger charge is 2.34. The Balaban J connectivity index is 2.22. The molecule has 0 N–H and O–H groups in total. The molecule has 9 heteroatoms. The number of carbonyl (C=O) groups is 3. The van der Waals surface area contributed by atoms with Gasteiger partial charge in [0.05, 0.1) is 22.3 Å². The molecular formula is C12H7N2O6S-. The van der Waals surface area contributed by atoms with E-state index in [0.717, 1.165) is 0 Å². The number of aliphatic carboxylic acids is 1. The lowest BCUT2D eigenvalue weighted by Gasteiger charge is -2.12. The maximum Gasteiger partial charge on any atom is 0.293 e. The summed E-state index contributed by atoms with van der Waals surface area (Å²) >= 11 is 0.603. The van der Waals surface area contributed by atoms with Gasteiger partial charge in [0.15, 0.2) is 0 Å². The lowest BCUT2D eigenvalue weighted by molar-refractivity contribution is -0.384. The lowest BCUT2D eigenvalue weighted by Crippen LogP contribution is -2.40. The summed E-state index contributed by atoms with van der Waals surface area (Å²) < 4.78 is 0. The van der Waals surface area contributed by atoms with Gasteiger partial charge in [-0.1, -0.05) is 0 Å². The minimum absolute atomic E-state index is 0.0510. The van der Waals surface area contributed by atoms with Gasteiger partial charge in [-0.15, -0.1) is 0 Å². The standard InChI is InChI=1S/C12H8N2O6S/c15-10(16)6-13-11(17)9(21-12(13)18)5-7-1-3-8(4-2-7)14(19)20/h1-5H,6H2,(H,15,16)/p-1/b9-5-. The van der Waals surface area contributed by atoms with Crippen LogP contribution in [-0.4, -0.2) is 33.5 Å². The molecule has 1 aromatic rings. The van der Waals surface area contributed by atoms with E-state index in [-0.39, 0.29) is 10.6 Å². The number of nitrogens with zero attached hydrogens (tertiary/aromatic N) is 2. The number of amides is 2. The summed E-state index contributed by atoms with van der Waals surface area (Å²) in [7, 11) is 0. The molecule has 1 fully saturated rings. The minimum atomic E-state index is -1.53. The van der Waals surface area contributed by atoms with Gasteiger partial charge in [-0.05, 0) is 35.5 Å². The number of carboxylic acids is 1. The molecule has 8 nitrogen and oxygen atoms in total. The SMILES string of the molecule is O=C([O-])CN1C(=O)S/C(=C\c2ccc([N+](=O)[O-])cc2)C1=O. The number of carbonyl (C=O) groups excluding carboxylic acids is 3. The van der Waals surface area contributed by atoms with Gasteiger partial charge in [0.2, 0.25) is 0 Å². The molecule has 21 heavy (non-hydrogen) atoms. The number of rotatable bonds is 4. The molecule has 1 heterocycles. The van der Waals surface area contributed by atoms with Crippen LogP contribution in [0.15, 0.2) is 29.2 Å². The third-order valence-electron chi connectivity index (χ3n) is 2.56. The van der Waals surface area contributed by atoms with Crippen LogP contribution in [0.5, 0.6) is 0 Å². The monoisotopic (exact) mass is 307 g/mol. The van der Waals surface area contributed by atoms with Gasteiger partial charge in [0.25, 0.3) is 16.8 Å². The van der Waals surface area contributed by atoms with E-state index in [1.807, 2.05) is 0 Å². The van der Waals surface area contributed by atoms with Gasteiger partial charge >= 0.3 is 0 Å². The van der Waals surface area contributed by atoms with Gasteiger partial charge in [-0.25, -0.2) is 0 Å². The molecule has 0 aliphatic carbocycles. The number of thioether (sulfide) groups is 1. The Bertz CT molecular complexity index is 667. The smallest absolute Gasteiger partial charge is 0.293 e. The van der Waals surface area contributed by atoms with E-state index in [1.54, 1.807) is 0 Å². The van der Waals surface area contributed by atoms with Crippen molar-refractivity contribution in [3.63, 3.8) is 0 Å². The predicted molar refractivity (Wildman–Crippen MR) is 70.8 cm³/mol. The lowest BCUT2D eigenvalue weighted by atomic mass is 10.2. The van der Waals surface area contributed by atoms with Crippen molar-refractivity contribution in [3.05, 3.63) is 44.8 Å². The number of carboxylic acid groups (broad SMARTS) is 1. The Morgan fingerprint density at radius 3 is 2.43 bits per heavy atom. The zero-order valence-corrected chi connectivity index (χ0v) is 11.2. The molecule has 0 aromatic heterocycles. The first kappa shape index (κ1) is 14.7. The van der Waals surface area contributed by atoms with E-state index in [0.29, 0.717) is 22.2 Å². The number of non-ortho nitro benzene ring substituents is 1. The van der Waals surface area contributed by atoms with Gasteiger partial charge in [-0.2, -0.15) is 0 Å². The molecule has 0 saturated carbocycles. The molecule has 1 aliphatic rings. The highest BCUT2D eigenvalue weighted by atomic mass is 32.2. The number of nitro benzene ring substituents is 1. The first-order chi connectivity index (χ1) is 9.88. The Kier molecular flexibility index (Phi) is 4.03. The molecule has 108 valence electrons. The first-order valence-electron chi connectivity index (χ1n) is 5.58. The van der Waals surface area contributed by atoms with Crippen LogP contribution in [0.4, 0.5) is 10.5 Å². The molecule has 1 saturated heterocycles. The highest BCUT2D eigenvalue weighted by Crippen LogP contribution is 2.32. The molecular weight excluding hydrogens is 300 g/mol. The Labute approximate surface area is 122 Å². The summed E-state index contributed by atoms with van der Waals surface area (Å²) in [6, 6.07) is 5.37. The Morgan fingerprint density at radius 1 is 1.29 bits per heavy atom. The first-order valence-corrected chi connectivity index (χ1v) is 6.40. The molecule has 0 radical (unpaired) electrons. The quantitative estimate of drug-likeness (QED) is 0.448. The van der Waals surface area contributed by atoms with Crippen molar-refractivity contribution in [3.8, 4) is 0 Å². The van der Waals surface area contributed by atoms with Crippen molar-refractivity contribution < 1.29 is 24.4 Å². The van der Waals surface area contributed by atoms with Crippen molar-refractivity contribution in [2.45, 2.75) is 0 Å². The van der Waals surface area contributed by atoms with E-state index in [4.69, 9.17) is 0 Å². The molecule has 2 amide bonds. The Hall–Kier alpha value is -2.68. The second-order valence-electron chi connectivity index (χ2n) is 3.99. The van der Waals surface area contributed by atoms with Crippen molar-refractivity contribution in [2.24, 2.45) is 0 Å². The normalized spacial score (nSPS) is 16.6.